The molecule has 0 aliphatic carbocycles. The molecular weight excluding hydrogens is 302 g/mol. The molecule has 4 heteroatoms. The maximum absolute atomic E-state index is 10.0. The lowest BCUT2D eigenvalue weighted by atomic mass is 10.0. The van der Waals surface area contributed by atoms with Gasteiger partial charge in [0.15, 0.2) is 0 Å². The van der Waals surface area contributed by atoms with E-state index in [0.29, 0.717) is 13.1 Å². The molecule has 1 aromatic rings. The zero-order chi connectivity index (χ0) is 12.9. The molecule has 0 saturated heterocycles. The van der Waals surface area contributed by atoms with Gasteiger partial charge in [-0.15, -0.1) is 0 Å². The molecule has 1 aromatic carbocycles. The lowest BCUT2D eigenvalue weighted by Crippen LogP contribution is -2.37. The number of aliphatic hydroxyl groups is 1. The van der Waals surface area contributed by atoms with Crippen molar-refractivity contribution in [2.45, 2.75) is 38.8 Å². The van der Waals surface area contributed by atoms with E-state index in [9.17, 15) is 5.11 Å². The van der Waals surface area contributed by atoms with Gasteiger partial charge in [-0.3, -0.25) is 0 Å². The Hall–Kier alpha value is -0.0900. The van der Waals surface area contributed by atoms with E-state index in [1.165, 1.54) is 0 Å². The number of rotatable bonds is 6. The minimum Gasteiger partial charge on any atom is -0.389 e. The van der Waals surface area contributed by atoms with Crippen LogP contribution in [-0.4, -0.2) is 17.3 Å². The molecular formula is C13H19BrClNO. The van der Waals surface area contributed by atoms with Crippen LogP contribution in [0.5, 0.6) is 0 Å². The van der Waals surface area contributed by atoms with Gasteiger partial charge in [0, 0.05) is 22.6 Å². The van der Waals surface area contributed by atoms with Crippen LogP contribution in [0.1, 0.15) is 32.3 Å². The molecule has 0 amide bonds. The van der Waals surface area contributed by atoms with Gasteiger partial charge < -0.3 is 10.4 Å². The lowest BCUT2D eigenvalue weighted by Gasteiger charge is -2.23. The van der Waals surface area contributed by atoms with E-state index in [1.807, 2.05) is 25.1 Å². The van der Waals surface area contributed by atoms with E-state index in [0.717, 1.165) is 27.9 Å². The van der Waals surface area contributed by atoms with Gasteiger partial charge in [-0.05, 0) is 37.1 Å². The Morgan fingerprint density at radius 3 is 2.82 bits per heavy atom. The van der Waals surface area contributed by atoms with Gasteiger partial charge in [0.2, 0.25) is 0 Å². The molecule has 0 aromatic heterocycles. The highest BCUT2D eigenvalue weighted by Gasteiger charge is 2.18. The first-order valence-electron chi connectivity index (χ1n) is 5.81. The summed E-state index contributed by atoms with van der Waals surface area (Å²) in [7, 11) is 0. The number of hydrogen-bond donors (Lipinski definition) is 2. The Morgan fingerprint density at radius 1 is 1.47 bits per heavy atom. The van der Waals surface area contributed by atoms with Crippen LogP contribution in [0.25, 0.3) is 0 Å². The van der Waals surface area contributed by atoms with Gasteiger partial charge in [-0.2, -0.15) is 0 Å². The fourth-order valence-corrected chi connectivity index (χ4v) is 2.35. The molecule has 0 spiro atoms. The van der Waals surface area contributed by atoms with Crippen molar-refractivity contribution in [3.63, 3.8) is 0 Å². The van der Waals surface area contributed by atoms with E-state index in [1.54, 1.807) is 0 Å². The van der Waals surface area contributed by atoms with Crippen LogP contribution >= 0.6 is 27.5 Å². The molecule has 1 unspecified atom stereocenters. The second-order valence-corrected chi connectivity index (χ2v) is 5.88. The molecule has 2 nitrogen and oxygen atoms in total. The van der Waals surface area contributed by atoms with Crippen LogP contribution in [0.15, 0.2) is 22.7 Å². The van der Waals surface area contributed by atoms with E-state index in [2.05, 4.69) is 28.2 Å². The summed E-state index contributed by atoms with van der Waals surface area (Å²) in [6.07, 6.45) is 1.78. The zero-order valence-corrected chi connectivity index (χ0v) is 12.6. The first-order valence-corrected chi connectivity index (χ1v) is 6.99. The largest absolute Gasteiger partial charge is 0.389 e. The summed E-state index contributed by atoms with van der Waals surface area (Å²) in [6.45, 7) is 5.21. The minimum atomic E-state index is -0.639. The molecule has 0 heterocycles. The van der Waals surface area contributed by atoms with Gasteiger partial charge in [0.05, 0.1) is 5.60 Å². The van der Waals surface area contributed by atoms with Crippen molar-refractivity contribution in [1.29, 1.82) is 0 Å². The van der Waals surface area contributed by atoms with Crippen LogP contribution in [0.2, 0.25) is 5.02 Å². The average molecular weight is 321 g/mol. The van der Waals surface area contributed by atoms with Crippen LogP contribution in [-0.2, 0) is 6.54 Å². The lowest BCUT2D eigenvalue weighted by molar-refractivity contribution is 0.0498. The van der Waals surface area contributed by atoms with Gasteiger partial charge in [0.1, 0.15) is 0 Å². The summed E-state index contributed by atoms with van der Waals surface area (Å²) in [6, 6.07) is 5.71. The number of hydrogen-bond acceptors (Lipinski definition) is 2. The zero-order valence-electron chi connectivity index (χ0n) is 10.3. The van der Waals surface area contributed by atoms with E-state index < -0.39 is 5.60 Å². The Labute approximate surface area is 117 Å². The first-order chi connectivity index (χ1) is 7.94. The second kappa shape index (κ2) is 6.74. The fourth-order valence-electron chi connectivity index (χ4n) is 1.77. The Morgan fingerprint density at radius 2 is 2.18 bits per heavy atom. The molecule has 0 saturated carbocycles. The normalized spacial score (nSPS) is 14.6. The van der Waals surface area contributed by atoms with Crippen LogP contribution in [0, 0.1) is 0 Å². The highest BCUT2D eigenvalue weighted by molar-refractivity contribution is 9.10. The minimum absolute atomic E-state index is 0.583. The number of halogens is 2. The third-order valence-electron chi connectivity index (χ3n) is 2.62. The molecule has 1 atom stereocenters. The summed E-state index contributed by atoms with van der Waals surface area (Å²) in [4.78, 5) is 0. The van der Waals surface area contributed by atoms with Crippen molar-refractivity contribution in [2.24, 2.45) is 0 Å². The van der Waals surface area contributed by atoms with Crippen molar-refractivity contribution in [3.05, 3.63) is 33.3 Å². The molecule has 1 rings (SSSR count). The molecule has 0 aliphatic rings. The fraction of sp³-hybridized carbons (Fsp3) is 0.538. The highest BCUT2D eigenvalue weighted by Crippen LogP contribution is 2.21. The van der Waals surface area contributed by atoms with Crippen molar-refractivity contribution in [3.8, 4) is 0 Å². The van der Waals surface area contributed by atoms with Crippen LogP contribution in [0.3, 0.4) is 0 Å². The average Bonchev–Trinajstić information content (AvgIpc) is 2.23. The topological polar surface area (TPSA) is 32.3 Å². The van der Waals surface area contributed by atoms with E-state index >= 15 is 0 Å². The van der Waals surface area contributed by atoms with Crippen molar-refractivity contribution in [1.82, 2.24) is 5.32 Å². The quantitative estimate of drug-likeness (QED) is 0.837. The van der Waals surface area contributed by atoms with Crippen molar-refractivity contribution in [2.75, 3.05) is 6.54 Å². The number of nitrogens with one attached hydrogen (secondary N) is 1. The third-order valence-corrected chi connectivity index (χ3v) is 3.63. The van der Waals surface area contributed by atoms with Crippen molar-refractivity contribution < 1.29 is 5.11 Å². The number of benzene rings is 1. The van der Waals surface area contributed by atoms with Crippen LogP contribution < -0.4 is 5.32 Å². The summed E-state index contributed by atoms with van der Waals surface area (Å²) in [5, 5.41) is 14.0. The predicted molar refractivity (Wildman–Crippen MR) is 76.4 cm³/mol. The molecule has 17 heavy (non-hydrogen) atoms. The first kappa shape index (κ1) is 15.0. The van der Waals surface area contributed by atoms with Crippen molar-refractivity contribution >= 4 is 27.5 Å². The Balaban J connectivity index is 2.48. The predicted octanol–water partition coefficient (Wildman–Crippen LogP) is 3.74. The van der Waals surface area contributed by atoms with Gasteiger partial charge in [0.25, 0.3) is 0 Å². The SMILES string of the molecule is CCCC(C)(O)CNCc1cc(Cl)ccc1Br. The van der Waals surface area contributed by atoms with Gasteiger partial charge in [-0.25, -0.2) is 0 Å². The van der Waals surface area contributed by atoms with E-state index in [4.69, 9.17) is 11.6 Å². The molecule has 0 aliphatic heterocycles. The van der Waals surface area contributed by atoms with Gasteiger partial charge in [-0.1, -0.05) is 40.9 Å². The molecule has 96 valence electrons. The molecule has 0 radical (unpaired) electrons. The summed E-state index contributed by atoms with van der Waals surface area (Å²) in [5.41, 5.74) is 0.463. The molecule has 0 fully saturated rings. The summed E-state index contributed by atoms with van der Waals surface area (Å²) in [5.74, 6) is 0. The maximum atomic E-state index is 10.0. The highest BCUT2D eigenvalue weighted by atomic mass is 79.9. The molecule has 2 N–H and O–H groups in total. The standard InChI is InChI=1S/C13H19BrClNO/c1-3-6-13(2,17)9-16-8-10-7-11(15)4-5-12(10)14/h4-5,7,16-17H,3,6,8-9H2,1-2H3. The van der Waals surface area contributed by atoms with Crippen LogP contribution in [0.4, 0.5) is 0 Å². The maximum Gasteiger partial charge on any atom is 0.0743 e. The Kier molecular flexibility index (Phi) is 5.93. The monoisotopic (exact) mass is 319 g/mol. The third kappa shape index (κ3) is 5.38. The smallest absolute Gasteiger partial charge is 0.0743 e. The Bertz CT molecular complexity index is 368. The molecule has 0 bridgehead atoms. The summed E-state index contributed by atoms with van der Waals surface area (Å²) >= 11 is 9.42. The van der Waals surface area contributed by atoms with E-state index in [-0.39, 0.29) is 0 Å². The second-order valence-electron chi connectivity index (χ2n) is 4.59. The van der Waals surface area contributed by atoms with Gasteiger partial charge >= 0.3 is 0 Å². The summed E-state index contributed by atoms with van der Waals surface area (Å²) < 4.78 is 1.03.